The van der Waals surface area contributed by atoms with Crippen LogP contribution in [0.3, 0.4) is 0 Å². The fourth-order valence-corrected chi connectivity index (χ4v) is 2.29. The molecule has 0 aliphatic carbocycles. The molecule has 1 aromatic heterocycles. The number of nitrogens with one attached hydrogen (secondary N) is 3. The molecule has 3 rings (SSSR count). The average molecular weight is 290 g/mol. The van der Waals surface area contributed by atoms with Gasteiger partial charge in [-0.2, -0.15) is 5.10 Å². The summed E-state index contributed by atoms with van der Waals surface area (Å²) in [4.78, 5) is 11.9. The number of carbonyl (C=O) groups is 1. The van der Waals surface area contributed by atoms with E-state index in [1.165, 1.54) is 12.1 Å². The van der Waals surface area contributed by atoms with E-state index in [9.17, 15) is 9.18 Å². The van der Waals surface area contributed by atoms with Crippen LogP contribution in [0.4, 0.5) is 20.7 Å². The number of carbonyl (C=O) groups excluding carboxylic acids is 1. The van der Waals surface area contributed by atoms with Crippen molar-refractivity contribution < 1.29 is 13.9 Å². The lowest BCUT2D eigenvalue weighted by molar-refractivity contribution is 0.110. The van der Waals surface area contributed by atoms with Crippen LogP contribution in [-0.2, 0) is 17.8 Å². The summed E-state index contributed by atoms with van der Waals surface area (Å²) in [6.07, 6.45) is 0.745. The summed E-state index contributed by atoms with van der Waals surface area (Å²) in [5.74, 6) is 0.0474. The topological polar surface area (TPSA) is 79.0 Å². The maximum atomic E-state index is 13.3. The highest BCUT2D eigenvalue weighted by Crippen LogP contribution is 2.22. The van der Waals surface area contributed by atoms with E-state index in [1.807, 2.05) is 0 Å². The molecule has 0 unspecified atom stereocenters. The van der Waals surface area contributed by atoms with Gasteiger partial charge in [0.15, 0.2) is 5.82 Å². The van der Waals surface area contributed by atoms with Crippen LogP contribution in [0.1, 0.15) is 16.8 Å². The van der Waals surface area contributed by atoms with Gasteiger partial charge in [0.2, 0.25) is 0 Å². The fourth-order valence-electron chi connectivity index (χ4n) is 2.29. The van der Waals surface area contributed by atoms with E-state index in [4.69, 9.17) is 4.74 Å². The standard InChI is InChI=1S/C14H15FN4O2/c1-8-4-9(15)6-10(5-8)16-14(20)17-13-11-7-21-3-2-12(11)18-19-13/h4-6H,2-3,7H2,1H3,(H3,16,17,18,19,20). The highest BCUT2D eigenvalue weighted by Gasteiger charge is 2.18. The number of aromatic nitrogens is 2. The number of hydrogen-bond acceptors (Lipinski definition) is 3. The van der Waals surface area contributed by atoms with Gasteiger partial charge < -0.3 is 10.1 Å². The molecule has 6 nitrogen and oxygen atoms in total. The molecule has 0 saturated heterocycles. The largest absolute Gasteiger partial charge is 0.376 e. The quantitative estimate of drug-likeness (QED) is 0.795. The first-order valence-corrected chi connectivity index (χ1v) is 6.61. The van der Waals surface area contributed by atoms with Crippen molar-refractivity contribution in [1.82, 2.24) is 10.2 Å². The summed E-state index contributed by atoms with van der Waals surface area (Å²) in [6.45, 7) is 2.82. The first-order valence-electron chi connectivity index (χ1n) is 6.61. The van der Waals surface area contributed by atoms with E-state index in [2.05, 4.69) is 20.8 Å². The number of benzene rings is 1. The predicted octanol–water partition coefficient (Wildman–Crippen LogP) is 2.57. The third-order valence-electron chi connectivity index (χ3n) is 3.23. The number of fused-ring (bicyclic) bond motifs is 1. The van der Waals surface area contributed by atoms with Gasteiger partial charge in [-0.15, -0.1) is 0 Å². The monoisotopic (exact) mass is 290 g/mol. The minimum Gasteiger partial charge on any atom is -0.376 e. The zero-order valence-corrected chi connectivity index (χ0v) is 11.5. The van der Waals surface area contributed by atoms with E-state index < -0.39 is 11.8 Å². The third kappa shape index (κ3) is 3.03. The Balaban J connectivity index is 1.70. The normalized spacial score (nSPS) is 13.6. The van der Waals surface area contributed by atoms with Crippen molar-refractivity contribution in [3.63, 3.8) is 0 Å². The molecule has 2 aromatic rings. The van der Waals surface area contributed by atoms with Crippen molar-refractivity contribution in [2.24, 2.45) is 0 Å². The second kappa shape index (κ2) is 5.53. The highest BCUT2D eigenvalue weighted by atomic mass is 19.1. The number of nitrogens with zero attached hydrogens (tertiary/aromatic N) is 1. The molecule has 0 fully saturated rings. The van der Waals surface area contributed by atoms with Crippen LogP contribution in [0.2, 0.25) is 0 Å². The van der Waals surface area contributed by atoms with Gasteiger partial charge in [-0.25, -0.2) is 9.18 Å². The summed E-state index contributed by atoms with van der Waals surface area (Å²) in [6, 6.07) is 3.87. The van der Waals surface area contributed by atoms with Gasteiger partial charge in [-0.05, 0) is 30.7 Å². The maximum Gasteiger partial charge on any atom is 0.324 e. The van der Waals surface area contributed by atoms with E-state index in [0.29, 0.717) is 24.7 Å². The molecule has 21 heavy (non-hydrogen) atoms. The van der Waals surface area contributed by atoms with Crippen molar-refractivity contribution in [2.75, 3.05) is 17.2 Å². The highest BCUT2D eigenvalue weighted by molar-refractivity contribution is 5.99. The Morgan fingerprint density at radius 3 is 3.05 bits per heavy atom. The van der Waals surface area contributed by atoms with Gasteiger partial charge in [0, 0.05) is 23.4 Å². The predicted molar refractivity (Wildman–Crippen MR) is 75.7 cm³/mol. The van der Waals surface area contributed by atoms with E-state index in [0.717, 1.165) is 23.2 Å². The average Bonchev–Trinajstić information content (AvgIpc) is 2.81. The van der Waals surface area contributed by atoms with Gasteiger partial charge in [0.25, 0.3) is 0 Å². The number of amides is 2. The van der Waals surface area contributed by atoms with Crippen LogP contribution < -0.4 is 10.6 Å². The number of aryl methyl sites for hydroxylation is 1. The maximum absolute atomic E-state index is 13.3. The molecule has 1 aliphatic heterocycles. The lowest BCUT2D eigenvalue weighted by Crippen LogP contribution is -2.21. The smallest absolute Gasteiger partial charge is 0.324 e. The molecule has 110 valence electrons. The second-order valence-electron chi connectivity index (χ2n) is 4.93. The zero-order chi connectivity index (χ0) is 14.8. The first kappa shape index (κ1) is 13.6. The number of urea groups is 1. The van der Waals surface area contributed by atoms with Crippen LogP contribution in [-0.4, -0.2) is 22.8 Å². The molecule has 2 heterocycles. The molecule has 0 atom stereocenters. The van der Waals surface area contributed by atoms with Gasteiger partial charge in [0.05, 0.1) is 13.2 Å². The number of hydrogen-bond donors (Lipinski definition) is 3. The van der Waals surface area contributed by atoms with Crippen molar-refractivity contribution in [3.8, 4) is 0 Å². The first-order chi connectivity index (χ1) is 10.1. The van der Waals surface area contributed by atoms with Crippen LogP contribution in [0.5, 0.6) is 0 Å². The Morgan fingerprint density at radius 1 is 1.38 bits per heavy atom. The number of halogens is 1. The Labute approximate surface area is 120 Å². The molecule has 0 radical (unpaired) electrons. The van der Waals surface area contributed by atoms with Gasteiger partial charge in [-0.3, -0.25) is 10.4 Å². The lowest BCUT2D eigenvalue weighted by atomic mass is 10.1. The number of H-pyrrole nitrogens is 1. The van der Waals surface area contributed by atoms with Crippen LogP contribution >= 0.6 is 0 Å². The molecule has 0 spiro atoms. The Hall–Kier alpha value is -2.41. The molecule has 1 aromatic carbocycles. The van der Waals surface area contributed by atoms with E-state index in [-0.39, 0.29) is 0 Å². The Bertz CT molecular complexity index is 663. The SMILES string of the molecule is Cc1cc(F)cc(NC(=O)Nc2n[nH]c3c2COCC3)c1. The minimum absolute atomic E-state index is 0.393. The van der Waals surface area contributed by atoms with Crippen molar-refractivity contribution in [1.29, 1.82) is 0 Å². The van der Waals surface area contributed by atoms with Crippen LogP contribution in [0.15, 0.2) is 18.2 Å². The van der Waals surface area contributed by atoms with Crippen molar-refractivity contribution in [3.05, 3.63) is 40.8 Å². The van der Waals surface area contributed by atoms with Crippen molar-refractivity contribution >= 4 is 17.5 Å². The molecule has 0 bridgehead atoms. The zero-order valence-electron chi connectivity index (χ0n) is 11.5. The molecular formula is C14H15FN4O2. The van der Waals surface area contributed by atoms with Crippen LogP contribution in [0.25, 0.3) is 0 Å². The van der Waals surface area contributed by atoms with Crippen molar-refractivity contribution in [2.45, 2.75) is 20.0 Å². The minimum atomic E-state index is -0.472. The second-order valence-corrected chi connectivity index (χ2v) is 4.93. The lowest BCUT2D eigenvalue weighted by Gasteiger charge is -2.13. The summed E-state index contributed by atoms with van der Waals surface area (Å²) < 4.78 is 18.6. The fraction of sp³-hybridized carbons (Fsp3) is 0.286. The third-order valence-corrected chi connectivity index (χ3v) is 3.23. The summed E-state index contributed by atoms with van der Waals surface area (Å²) in [7, 11) is 0. The van der Waals surface area contributed by atoms with E-state index in [1.54, 1.807) is 13.0 Å². The number of aromatic amines is 1. The number of anilines is 2. The molecule has 2 amide bonds. The van der Waals surface area contributed by atoms with Gasteiger partial charge >= 0.3 is 6.03 Å². The van der Waals surface area contributed by atoms with Gasteiger partial charge in [-0.1, -0.05) is 0 Å². The Morgan fingerprint density at radius 2 is 2.24 bits per heavy atom. The molecule has 1 aliphatic rings. The summed E-state index contributed by atoms with van der Waals surface area (Å²) in [5.41, 5.74) is 2.95. The molecule has 0 saturated carbocycles. The summed E-state index contributed by atoms with van der Waals surface area (Å²) in [5, 5.41) is 12.2. The number of rotatable bonds is 2. The van der Waals surface area contributed by atoms with Gasteiger partial charge in [0.1, 0.15) is 5.82 Å². The van der Waals surface area contributed by atoms with E-state index >= 15 is 0 Å². The molecule has 3 N–H and O–H groups in total. The summed E-state index contributed by atoms with van der Waals surface area (Å²) >= 11 is 0. The van der Waals surface area contributed by atoms with Crippen LogP contribution in [0, 0.1) is 12.7 Å². The molecule has 7 heteroatoms. The number of ether oxygens (including phenoxy) is 1. The molecular weight excluding hydrogens is 275 g/mol. The Kier molecular flexibility index (Phi) is 3.57.